The van der Waals surface area contributed by atoms with Crippen LogP contribution < -0.4 is 10.1 Å². The smallest absolute Gasteiger partial charge is 0.242 e. The van der Waals surface area contributed by atoms with Crippen molar-refractivity contribution in [2.75, 3.05) is 13.2 Å². The first-order valence-corrected chi connectivity index (χ1v) is 10.9. The number of unbranched alkanes of at least 4 members (excludes halogenated alkanes) is 1. The molecule has 2 amide bonds. The molecular weight excluding hydrogens is 395 g/mol. The van der Waals surface area contributed by atoms with E-state index in [-0.39, 0.29) is 30.6 Å². The van der Waals surface area contributed by atoms with Crippen LogP contribution in [0.15, 0.2) is 48.5 Å². The van der Waals surface area contributed by atoms with Gasteiger partial charge in [0, 0.05) is 19.5 Å². The van der Waals surface area contributed by atoms with E-state index in [1.807, 2.05) is 31.2 Å². The van der Waals surface area contributed by atoms with Crippen LogP contribution in [-0.2, 0) is 16.1 Å². The van der Waals surface area contributed by atoms with Crippen molar-refractivity contribution in [3.63, 3.8) is 0 Å². The number of benzene rings is 2. The minimum absolute atomic E-state index is 0.130. The van der Waals surface area contributed by atoms with Gasteiger partial charge in [0.2, 0.25) is 11.8 Å². The topological polar surface area (TPSA) is 58.6 Å². The fourth-order valence-electron chi connectivity index (χ4n) is 3.10. The van der Waals surface area contributed by atoms with Gasteiger partial charge in [-0.05, 0) is 56.5 Å². The van der Waals surface area contributed by atoms with Gasteiger partial charge in [0.15, 0.2) is 0 Å². The number of carbonyl (C=O) groups excluding carboxylic acids is 2. The number of hydrogen-bond donors (Lipinski definition) is 1. The molecule has 1 unspecified atom stereocenters. The maximum atomic E-state index is 13.3. The normalized spacial score (nSPS) is 11.6. The van der Waals surface area contributed by atoms with Crippen LogP contribution in [0.5, 0.6) is 5.75 Å². The third-order valence-corrected chi connectivity index (χ3v) is 5.09. The van der Waals surface area contributed by atoms with Crippen molar-refractivity contribution in [2.24, 2.45) is 0 Å². The molecule has 31 heavy (non-hydrogen) atoms. The number of aryl methyl sites for hydroxylation is 1. The zero-order chi connectivity index (χ0) is 22.6. The molecule has 6 heteroatoms. The zero-order valence-corrected chi connectivity index (χ0v) is 18.7. The Morgan fingerprint density at radius 3 is 2.39 bits per heavy atom. The van der Waals surface area contributed by atoms with Gasteiger partial charge in [-0.2, -0.15) is 0 Å². The van der Waals surface area contributed by atoms with Crippen LogP contribution in [0.25, 0.3) is 0 Å². The molecule has 0 aliphatic rings. The fraction of sp³-hybridized carbons (Fsp3) is 0.440. The average Bonchev–Trinajstić information content (AvgIpc) is 2.77. The molecule has 0 bridgehead atoms. The van der Waals surface area contributed by atoms with Crippen LogP contribution in [0.3, 0.4) is 0 Å². The van der Waals surface area contributed by atoms with Gasteiger partial charge in [-0.1, -0.05) is 43.2 Å². The van der Waals surface area contributed by atoms with E-state index in [4.69, 9.17) is 4.74 Å². The van der Waals surface area contributed by atoms with Crippen LogP contribution in [0.4, 0.5) is 4.39 Å². The second kappa shape index (κ2) is 12.7. The Hall–Kier alpha value is -2.89. The van der Waals surface area contributed by atoms with Crippen molar-refractivity contribution in [3.8, 4) is 5.75 Å². The Morgan fingerprint density at radius 1 is 1.06 bits per heavy atom. The van der Waals surface area contributed by atoms with Gasteiger partial charge in [0.1, 0.15) is 17.6 Å². The van der Waals surface area contributed by atoms with Crippen LogP contribution in [0.1, 0.15) is 50.7 Å². The maximum Gasteiger partial charge on any atom is 0.242 e. The summed E-state index contributed by atoms with van der Waals surface area (Å²) in [6, 6.07) is 13.1. The van der Waals surface area contributed by atoms with Crippen LogP contribution in [0.2, 0.25) is 0 Å². The maximum absolute atomic E-state index is 13.3. The molecule has 0 saturated heterocycles. The summed E-state index contributed by atoms with van der Waals surface area (Å²) in [7, 11) is 0. The summed E-state index contributed by atoms with van der Waals surface area (Å²) in [5, 5.41) is 2.89. The van der Waals surface area contributed by atoms with Gasteiger partial charge in [0.25, 0.3) is 0 Å². The van der Waals surface area contributed by atoms with Crippen molar-refractivity contribution < 1.29 is 18.7 Å². The first-order chi connectivity index (χ1) is 14.9. The fourth-order valence-corrected chi connectivity index (χ4v) is 3.10. The summed E-state index contributed by atoms with van der Waals surface area (Å²) in [5.41, 5.74) is 1.93. The Labute approximate surface area is 184 Å². The molecule has 2 aromatic carbocycles. The Kier molecular flexibility index (Phi) is 10.0. The molecule has 1 N–H and O–H groups in total. The number of nitrogens with one attached hydrogen (secondary N) is 1. The highest BCUT2D eigenvalue weighted by molar-refractivity contribution is 5.87. The Bertz CT molecular complexity index is 822. The Morgan fingerprint density at radius 2 is 1.74 bits per heavy atom. The molecule has 5 nitrogen and oxygen atoms in total. The molecule has 0 aliphatic heterocycles. The van der Waals surface area contributed by atoms with E-state index in [9.17, 15) is 14.0 Å². The highest BCUT2D eigenvalue weighted by atomic mass is 19.1. The lowest BCUT2D eigenvalue weighted by Crippen LogP contribution is -2.47. The predicted molar refractivity (Wildman–Crippen MR) is 120 cm³/mol. The van der Waals surface area contributed by atoms with Crippen LogP contribution in [0, 0.1) is 12.7 Å². The van der Waals surface area contributed by atoms with E-state index in [0.717, 1.165) is 29.7 Å². The molecular formula is C25H33FN2O3. The molecule has 168 valence electrons. The quantitative estimate of drug-likeness (QED) is 0.502. The largest absolute Gasteiger partial charge is 0.494 e. The van der Waals surface area contributed by atoms with Crippen molar-refractivity contribution >= 4 is 11.8 Å². The van der Waals surface area contributed by atoms with Gasteiger partial charge in [-0.3, -0.25) is 9.59 Å². The van der Waals surface area contributed by atoms with Crippen molar-refractivity contribution in [1.29, 1.82) is 0 Å². The summed E-state index contributed by atoms with van der Waals surface area (Å²) in [6.45, 7) is 7.04. The lowest BCUT2D eigenvalue weighted by Gasteiger charge is -2.29. The minimum Gasteiger partial charge on any atom is -0.494 e. The van der Waals surface area contributed by atoms with E-state index in [2.05, 4.69) is 12.2 Å². The monoisotopic (exact) mass is 428 g/mol. The highest BCUT2D eigenvalue weighted by Gasteiger charge is 2.25. The summed E-state index contributed by atoms with van der Waals surface area (Å²) in [4.78, 5) is 27.1. The molecule has 0 spiro atoms. The molecule has 0 fully saturated rings. The average molecular weight is 429 g/mol. The van der Waals surface area contributed by atoms with E-state index in [0.29, 0.717) is 19.6 Å². The summed E-state index contributed by atoms with van der Waals surface area (Å²) in [6.07, 6.45) is 2.67. The molecule has 0 saturated carbocycles. The van der Waals surface area contributed by atoms with Crippen molar-refractivity contribution in [2.45, 2.75) is 59.0 Å². The van der Waals surface area contributed by atoms with Gasteiger partial charge in [-0.15, -0.1) is 0 Å². The Balaban J connectivity index is 1.96. The lowest BCUT2D eigenvalue weighted by atomic mass is 10.1. The second-order valence-electron chi connectivity index (χ2n) is 7.73. The van der Waals surface area contributed by atoms with E-state index < -0.39 is 6.04 Å². The molecule has 2 aromatic rings. The standard InChI is InChI=1S/C25H33FN2O3/c1-4-5-16-27-25(30)20(3)28(18-21-10-12-22(26)13-11-21)24(29)7-6-17-31-23-14-8-19(2)9-15-23/h8-15,20H,4-7,16-18H2,1-3H3,(H,27,30). The molecule has 1 atom stereocenters. The second-order valence-corrected chi connectivity index (χ2v) is 7.73. The molecule has 0 aromatic heterocycles. The van der Waals surface area contributed by atoms with Gasteiger partial charge >= 0.3 is 0 Å². The zero-order valence-electron chi connectivity index (χ0n) is 18.7. The van der Waals surface area contributed by atoms with E-state index in [1.54, 1.807) is 24.0 Å². The van der Waals surface area contributed by atoms with Crippen LogP contribution in [-0.4, -0.2) is 35.9 Å². The van der Waals surface area contributed by atoms with E-state index in [1.165, 1.54) is 12.1 Å². The number of halogens is 1. The summed E-state index contributed by atoms with van der Waals surface area (Å²) >= 11 is 0. The third-order valence-electron chi connectivity index (χ3n) is 5.09. The third kappa shape index (κ3) is 8.40. The van der Waals surface area contributed by atoms with Gasteiger partial charge in [-0.25, -0.2) is 4.39 Å². The first-order valence-electron chi connectivity index (χ1n) is 10.9. The van der Waals surface area contributed by atoms with Gasteiger partial charge in [0.05, 0.1) is 6.61 Å². The van der Waals surface area contributed by atoms with E-state index >= 15 is 0 Å². The summed E-state index contributed by atoms with van der Waals surface area (Å²) in [5.74, 6) is 0.125. The molecule has 0 radical (unpaired) electrons. The number of amides is 2. The molecule has 2 rings (SSSR count). The van der Waals surface area contributed by atoms with Crippen LogP contribution >= 0.6 is 0 Å². The lowest BCUT2D eigenvalue weighted by molar-refractivity contribution is -0.140. The van der Waals surface area contributed by atoms with Crippen molar-refractivity contribution in [3.05, 3.63) is 65.5 Å². The highest BCUT2D eigenvalue weighted by Crippen LogP contribution is 2.15. The number of carbonyl (C=O) groups is 2. The predicted octanol–water partition coefficient (Wildman–Crippen LogP) is 4.63. The summed E-state index contributed by atoms with van der Waals surface area (Å²) < 4.78 is 19.0. The van der Waals surface area contributed by atoms with Gasteiger partial charge < -0.3 is 15.0 Å². The SMILES string of the molecule is CCCCNC(=O)C(C)N(Cc1ccc(F)cc1)C(=O)CCCOc1ccc(C)cc1. The molecule has 0 aliphatic carbocycles. The number of ether oxygens (including phenoxy) is 1. The number of rotatable bonds is 12. The number of hydrogen-bond acceptors (Lipinski definition) is 3. The minimum atomic E-state index is -0.618. The number of nitrogens with zero attached hydrogens (tertiary/aromatic N) is 1. The first kappa shape index (κ1) is 24.4. The molecule has 0 heterocycles. The van der Waals surface area contributed by atoms with Crippen molar-refractivity contribution in [1.82, 2.24) is 10.2 Å².